The van der Waals surface area contributed by atoms with Gasteiger partial charge < -0.3 is 28.7 Å². The lowest BCUT2D eigenvalue weighted by Gasteiger charge is -2.16. The van der Waals surface area contributed by atoms with Gasteiger partial charge in [0.25, 0.3) is 0 Å². The molecule has 0 amide bonds. The topological polar surface area (TPSA) is 96.1 Å². The molecule has 0 bridgehead atoms. The van der Waals surface area contributed by atoms with Crippen molar-refractivity contribution in [3.63, 3.8) is 0 Å². The van der Waals surface area contributed by atoms with E-state index in [0.29, 0.717) is 40.4 Å². The molecule has 1 N–H and O–H groups in total. The second-order valence-electron chi connectivity index (χ2n) is 5.85. The van der Waals surface area contributed by atoms with Crippen LogP contribution in [0.3, 0.4) is 0 Å². The monoisotopic (exact) mass is 403 g/mol. The van der Waals surface area contributed by atoms with Gasteiger partial charge in [0, 0.05) is 28.5 Å². The van der Waals surface area contributed by atoms with E-state index in [1.54, 1.807) is 12.1 Å². The summed E-state index contributed by atoms with van der Waals surface area (Å²) in [5, 5.41) is 0. The first-order chi connectivity index (χ1) is 14.0. The van der Waals surface area contributed by atoms with Gasteiger partial charge in [-0.1, -0.05) is 6.92 Å². The number of hydrogen-bond donors (Lipinski definition) is 1. The Morgan fingerprint density at radius 1 is 0.966 bits per heavy atom. The fourth-order valence-electron chi connectivity index (χ4n) is 3.09. The highest BCUT2D eigenvalue weighted by Crippen LogP contribution is 2.47. The second-order valence-corrected chi connectivity index (χ2v) is 5.85. The number of carbonyl (C=O) groups is 2. The molecular formula is C21H25NO7. The molecule has 0 saturated heterocycles. The zero-order valence-electron chi connectivity index (χ0n) is 17.4. The van der Waals surface area contributed by atoms with E-state index in [4.69, 9.17) is 18.9 Å². The van der Waals surface area contributed by atoms with Crippen molar-refractivity contribution in [2.45, 2.75) is 13.3 Å². The molecule has 0 radical (unpaired) electrons. The molecule has 0 saturated carbocycles. The summed E-state index contributed by atoms with van der Waals surface area (Å²) < 4.78 is 26.0. The maximum absolute atomic E-state index is 12.4. The Hall–Kier alpha value is -3.42. The van der Waals surface area contributed by atoms with Gasteiger partial charge in [-0.05, 0) is 24.6 Å². The number of carbonyl (C=O) groups excluding carboxylic acids is 2. The molecule has 1 heterocycles. The Labute approximate surface area is 169 Å². The van der Waals surface area contributed by atoms with Crippen molar-refractivity contribution in [1.82, 2.24) is 4.98 Å². The number of rotatable bonds is 8. The van der Waals surface area contributed by atoms with Crippen LogP contribution >= 0.6 is 0 Å². The minimum atomic E-state index is -0.560. The maximum atomic E-state index is 12.4. The number of benzene rings is 1. The van der Waals surface area contributed by atoms with Crippen LogP contribution in [0.2, 0.25) is 0 Å². The lowest BCUT2D eigenvalue weighted by molar-refractivity contribution is -0.134. The van der Waals surface area contributed by atoms with Crippen molar-refractivity contribution >= 4 is 18.0 Å². The normalized spacial score (nSPS) is 10.7. The van der Waals surface area contributed by atoms with Gasteiger partial charge in [-0.2, -0.15) is 0 Å². The van der Waals surface area contributed by atoms with Crippen LogP contribution in [0.5, 0.6) is 17.2 Å². The number of aryl methyl sites for hydroxylation is 1. The molecule has 29 heavy (non-hydrogen) atoms. The van der Waals surface area contributed by atoms with Crippen LogP contribution in [0.4, 0.5) is 0 Å². The molecule has 156 valence electrons. The number of ether oxygens (including phenoxy) is 5. The van der Waals surface area contributed by atoms with Gasteiger partial charge in [-0.25, -0.2) is 9.59 Å². The van der Waals surface area contributed by atoms with Crippen LogP contribution in [0.25, 0.3) is 17.2 Å². The van der Waals surface area contributed by atoms with Crippen LogP contribution in [-0.2, 0) is 20.7 Å². The van der Waals surface area contributed by atoms with Gasteiger partial charge in [-0.3, -0.25) is 0 Å². The summed E-state index contributed by atoms with van der Waals surface area (Å²) in [4.78, 5) is 27.1. The first-order valence-electron chi connectivity index (χ1n) is 8.85. The molecule has 0 unspecified atom stereocenters. The summed E-state index contributed by atoms with van der Waals surface area (Å²) in [6, 6.07) is 3.55. The van der Waals surface area contributed by atoms with E-state index < -0.39 is 11.9 Å². The first-order valence-corrected chi connectivity index (χ1v) is 8.85. The number of aromatic nitrogens is 1. The highest BCUT2D eigenvalue weighted by Gasteiger charge is 2.26. The molecule has 0 atom stereocenters. The number of aromatic amines is 1. The lowest BCUT2D eigenvalue weighted by atomic mass is 9.97. The molecule has 0 aliphatic carbocycles. The molecule has 0 fully saturated rings. The maximum Gasteiger partial charge on any atom is 0.355 e. The van der Waals surface area contributed by atoms with Crippen LogP contribution in [0.1, 0.15) is 28.7 Å². The molecule has 8 nitrogen and oxygen atoms in total. The van der Waals surface area contributed by atoms with Gasteiger partial charge in [0.15, 0.2) is 11.5 Å². The summed E-state index contributed by atoms with van der Waals surface area (Å²) in [5.74, 6) is 0.240. The lowest BCUT2D eigenvalue weighted by Crippen LogP contribution is -2.04. The van der Waals surface area contributed by atoms with Gasteiger partial charge in [0.05, 0.1) is 35.5 Å². The highest BCUT2D eigenvalue weighted by molar-refractivity contribution is 6.00. The van der Waals surface area contributed by atoms with Crippen LogP contribution < -0.4 is 14.2 Å². The van der Waals surface area contributed by atoms with Crippen LogP contribution in [0, 0.1) is 0 Å². The smallest absolute Gasteiger partial charge is 0.355 e. The van der Waals surface area contributed by atoms with Crippen molar-refractivity contribution in [2.75, 3.05) is 35.5 Å². The van der Waals surface area contributed by atoms with E-state index in [9.17, 15) is 9.59 Å². The van der Waals surface area contributed by atoms with Gasteiger partial charge in [0.2, 0.25) is 5.75 Å². The largest absolute Gasteiger partial charge is 0.493 e. The third-order valence-electron chi connectivity index (χ3n) is 4.42. The predicted molar refractivity (Wildman–Crippen MR) is 108 cm³/mol. The third kappa shape index (κ3) is 4.21. The van der Waals surface area contributed by atoms with Crippen molar-refractivity contribution in [3.05, 3.63) is 35.2 Å². The first kappa shape index (κ1) is 21.9. The second kappa shape index (κ2) is 9.68. The molecule has 1 aromatic carbocycles. The Kier molecular flexibility index (Phi) is 7.30. The van der Waals surface area contributed by atoms with E-state index in [-0.39, 0.29) is 5.69 Å². The molecular weight excluding hydrogens is 378 g/mol. The van der Waals surface area contributed by atoms with E-state index >= 15 is 0 Å². The zero-order chi connectivity index (χ0) is 21.6. The van der Waals surface area contributed by atoms with Crippen LogP contribution in [0.15, 0.2) is 18.2 Å². The summed E-state index contributed by atoms with van der Waals surface area (Å²) in [6.07, 6.45) is 3.34. The Morgan fingerprint density at radius 2 is 1.66 bits per heavy atom. The van der Waals surface area contributed by atoms with Gasteiger partial charge in [0.1, 0.15) is 5.69 Å². The molecule has 2 rings (SSSR count). The van der Waals surface area contributed by atoms with Crippen molar-refractivity contribution in [1.29, 1.82) is 0 Å². The minimum Gasteiger partial charge on any atom is -0.493 e. The van der Waals surface area contributed by atoms with E-state index in [1.807, 2.05) is 6.92 Å². The molecule has 1 aromatic heterocycles. The third-order valence-corrected chi connectivity index (χ3v) is 4.42. The standard InChI is InChI=1S/C21H25NO7/c1-7-14-17(13-8-10-15(25-2)20(28-5)19(13)27-4)12(9-11-16(23)26-3)18(22-14)21(24)29-6/h8-11,22H,7H2,1-6H3/b11-9+. The number of hydrogen-bond acceptors (Lipinski definition) is 7. The summed E-state index contributed by atoms with van der Waals surface area (Å²) in [6.45, 7) is 1.94. The molecule has 0 spiro atoms. The quantitative estimate of drug-likeness (QED) is 0.534. The van der Waals surface area contributed by atoms with Gasteiger partial charge in [-0.15, -0.1) is 0 Å². The SMILES string of the molecule is CCc1[nH]c(C(=O)OC)c(/C=C/C(=O)OC)c1-c1ccc(OC)c(OC)c1OC. The van der Waals surface area contributed by atoms with Crippen molar-refractivity contribution in [2.24, 2.45) is 0 Å². The Balaban J connectivity index is 2.87. The fraction of sp³-hybridized carbons (Fsp3) is 0.333. The fourth-order valence-corrected chi connectivity index (χ4v) is 3.09. The molecule has 0 aliphatic heterocycles. The van der Waals surface area contributed by atoms with E-state index in [1.165, 1.54) is 47.7 Å². The van der Waals surface area contributed by atoms with E-state index in [0.717, 1.165) is 5.69 Å². The summed E-state index contributed by atoms with van der Waals surface area (Å²) >= 11 is 0. The summed E-state index contributed by atoms with van der Waals surface area (Å²) in [7, 11) is 7.13. The van der Waals surface area contributed by atoms with Gasteiger partial charge >= 0.3 is 11.9 Å². The van der Waals surface area contributed by atoms with Crippen molar-refractivity contribution in [3.8, 4) is 28.4 Å². The predicted octanol–water partition coefficient (Wildman–Crippen LogP) is 3.24. The Bertz CT molecular complexity index is 928. The molecule has 0 aliphatic rings. The average molecular weight is 403 g/mol. The van der Waals surface area contributed by atoms with E-state index in [2.05, 4.69) is 9.72 Å². The summed E-state index contributed by atoms with van der Waals surface area (Å²) in [5.41, 5.74) is 2.81. The highest BCUT2D eigenvalue weighted by atomic mass is 16.5. The number of nitrogens with one attached hydrogen (secondary N) is 1. The van der Waals surface area contributed by atoms with Crippen molar-refractivity contribution < 1.29 is 33.3 Å². The average Bonchev–Trinajstić information content (AvgIpc) is 3.13. The number of H-pyrrole nitrogens is 1. The molecule has 2 aromatic rings. The number of methoxy groups -OCH3 is 5. The zero-order valence-corrected chi connectivity index (χ0v) is 17.4. The minimum absolute atomic E-state index is 0.219. The molecule has 8 heteroatoms. The number of esters is 2. The van der Waals surface area contributed by atoms with Crippen LogP contribution in [-0.4, -0.2) is 52.5 Å². The Morgan fingerprint density at radius 3 is 2.17 bits per heavy atom.